The Kier molecular flexibility index (Phi) is 6.29. The summed E-state index contributed by atoms with van der Waals surface area (Å²) in [4.78, 5) is 26.1. The van der Waals surface area contributed by atoms with Gasteiger partial charge in [-0.15, -0.1) is 11.3 Å². The zero-order valence-electron chi connectivity index (χ0n) is 17.4. The van der Waals surface area contributed by atoms with Gasteiger partial charge in [0.2, 0.25) is 5.91 Å². The quantitative estimate of drug-likeness (QED) is 0.492. The van der Waals surface area contributed by atoms with E-state index < -0.39 is 21.8 Å². The molecule has 1 aromatic heterocycles. The Morgan fingerprint density at radius 1 is 1.09 bits per heavy atom. The lowest BCUT2D eigenvalue weighted by atomic mass is 10.1. The Morgan fingerprint density at radius 2 is 1.91 bits per heavy atom. The Morgan fingerprint density at radius 3 is 2.66 bits per heavy atom. The van der Waals surface area contributed by atoms with E-state index in [9.17, 15) is 18.0 Å². The van der Waals surface area contributed by atoms with Crippen LogP contribution in [0.3, 0.4) is 0 Å². The predicted octanol–water partition coefficient (Wildman–Crippen LogP) is 3.33. The number of amides is 2. The number of aryl methyl sites for hydroxylation is 1. The van der Waals surface area contributed by atoms with Gasteiger partial charge in [0, 0.05) is 10.4 Å². The Labute approximate surface area is 190 Å². The number of anilines is 2. The third-order valence-corrected chi connectivity index (χ3v) is 7.71. The van der Waals surface area contributed by atoms with E-state index in [0.717, 1.165) is 16.0 Å². The van der Waals surface area contributed by atoms with Gasteiger partial charge < -0.3 is 16.0 Å². The van der Waals surface area contributed by atoms with Crippen molar-refractivity contribution in [2.24, 2.45) is 0 Å². The van der Waals surface area contributed by atoms with Crippen molar-refractivity contribution in [2.45, 2.75) is 25.3 Å². The normalized spacial score (nSPS) is 15.4. The van der Waals surface area contributed by atoms with Crippen molar-refractivity contribution in [2.75, 3.05) is 16.4 Å². The van der Waals surface area contributed by atoms with Crippen LogP contribution in [0.2, 0.25) is 0 Å². The molecule has 32 heavy (non-hydrogen) atoms. The summed E-state index contributed by atoms with van der Waals surface area (Å²) in [6.45, 7) is 2.29. The van der Waals surface area contributed by atoms with E-state index in [1.165, 1.54) is 0 Å². The van der Waals surface area contributed by atoms with Gasteiger partial charge in [-0.05, 0) is 47.7 Å². The SMILES string of the molecule is Cc1ccccc1CS(=O)(=O)CC1Nc2ccc(C(=O)NCc3cccs3)cc2NC1=O. The van der Waals surface area contributed by atoms with Gasteiger partial charge in [-0.3, -0.25) is 9.59 Å². The van der Waals surface area contributed by atoms with Crippen LogP contribution in [0.1, 0.15) is 26.4 Å². The van der Waals surface area contributed by atoms with E-state index in [-0.39, 0.29) is 17.4 Å². The van der Waals surface area contributed by atoms with Gasteiger partial charge in [0.05, 0.1) is 29.4 Å². The smallest absolute Gasteiger partial charge is 0.251 e. The first-order valence-corrected chi connectivity index (χ1v) is 12.8. The number of fused-ring (bicyclic) bond motifs is 1. The summed E-state index contributed by atoms with van der Waals surface area (Å²) in [7, 11) is -3.53. The van der Waals surface area contributed by atoms with E-state index in [4.69, 9.17) is 0 Å². The second-order valence-corrected chi connectivity index (χ2v) is 10.8. The summed E-state index contributed by atoms with van der Waals surface area (Å²) >= 11 is 1.56. The van der Waals surface area contributed by atoms with Crippen molar-refractivity contribution in [3.05, 3.63) is 81.5 Å². The van der Waals surface area contributed by atoms with Crippen LogP contribution in [0, 0.1) is 6.92 Å². The maximum Gasteiger partial charge on any atom is 0.251 e. The first-order chi connectivity index (χ1) is 15.3. The molecule has 9 heteroatoms. The second kappa shape index (κ2) is 9.13. The lowest BCUT2D eigenvalue weighted by Gasteiger charge is -2.27. The maximum atomic E-state index is 12.7. The number of sulfone groups is 1. The zero-order valence-corrected chi connectivity index (χ0v) is 19.1. The summed E-state index contributed by atoms with van der Waals surface area (Å²) in [6, 6.07) is 15.2. The molecular formula is C23H23N3O4S2. The van der Waals surface area contributed by atoms with Gasteiger partial charge in [-0.2, -0.15) is 0 Å². The zero-order chi connectivity index (χ0) is 22.7. The van der Waals surface area contributed by atoms with Crippen LogP contribution in [0.4, 0.5) is 11.4 Å². The lowest BCUT2D eigenvalue weighted by molar-refractivity contribution is -0.116. The van der Waals surface area contributed by atoms with Crippen LogP contribution in [0.25, 0.3) is 0 Å². The Bertz CT molecular complexity index is 1250. The van der Waals surface area contributed by atoms with Crippen molar-refractivity contribution < 1.29 is 18.0 Å². The molecule has 1 atom stereocenters. The third-order valence-electron chi connectivity index (χ3n) is 5.25. The van der Waals surface area contributed by atoms with E-state index in [1.54, 1.807) is 41.7 Å². The number of thiophene rings is 1. The molecule has 2 amide bonds. The van der Waals surface area contributed by atoms with Crippen molar-refractivity contribution in [1.29, 1.82) is 0 Å². The van der Waals surface area contributed by atoms with E-state index >= 15 is 0 Å². The molecule has 0 aliphatic carbocycles. The molecule has 4 rings (SSSR count). The fourth-order valence-corrected chi connectivity index (χ4v) is 5.81. The van der Waals surface area contributed by atoms with Gasteiger partial charge in [-0.25, -0.2) is 8.42 Å². The molecule has 3 aromatic rings. The summed E-state index contributed by atoms with van der Waals surface area (Å²) in [5, 5.41) is 10.5. The molecule has 2 aromatic carbocycles. The fourth-order valence-electron chi connectivity index (χ4n) is 3.51. The van der Waals surface area contributed by atoms with Gasteiger partial charge in [0.1, 0.15) is 6.04 Å². The molecule has 0 fully saturated rings. The van der Waals surface area contributed by atoms with Gasteiger partial charge in [0.25, 0.3) is 5.91 Å². The van der Waals surface area contributed by atoms with Crippen LogP contribution < -0.4 is 16.0 Å². The molecular weight excluding hydrogens is 446 g/mol. The highest BCUT2D eigenvalue weighted by Gasteiger charge is 2.30. The number of carbonyl (C=O) groups excluding carboxylic acids is 2. The maximum absolute atomic E-state index is 12.7. The lowest BCUT2D eigenvalue weighted by Crippen LogP contribution is -2.43. The molecule has 0 bridgehead atoms. The van der Waals surface area contributed by atoms with Crippen molar-refractivity contribution in [1.82, 2.24) is 5.32 Å². The Hall–Kier alpha value is -3.17. The Balaban J connectivity index is 1.42. The van der Waals surface area contributed by atoms with Crippen molar-refractivity contribution >= 4 is 44.4 Å². The summed E-state index contributed by atoms with van der Waals surface area (Å²) in [5.74, 6) is -1.14. The molecule has 0 saturated heterocycles. The number of nitrogens with one attached hydrogen (secondary N) is 3. The number of carbonyl (C=O) groups is 2. The highest BCUT2D eigenvalue weighted by atomic mass is 32.2. The molecule has 0 saturated carbocycles. The molecule has 0 spiro atoms. The first kappa shape index (κ1) is 22.0. The number of hydrogen-bond acceptors (Lipinski definition) is 6. The van der Waals surface area contributed by atoms with Gasteiger partial charge >= 0.3 is 0 Å². The monoisotopic (exact) mass is 469 g/mol. The second-order valence-electron chi connectivity index (χ2n) is 7.69. The average molecular weight is 470 g/mol. The highest BCUT2D eigenvalue weighted by Crippen LogP contribution is 2.28. The summed E-state index contributed by atoms with van der Waals surface area (Å²) < 4.78 is 25.4. The van der Waals surface area contributed by atoms with Crippen LogP contribution in [0.15, 0.2) is 60.0 Å². The average Bonchev–Trinajstić information content (AvgIpc) is 3.27. The van der Waals surface area contributed by atoms with Crippen molar-refractivity contribution in [3.63, 3.8) is 0 Å². The molecule has 166 valence electrons. The van der Waals surface area contributed by atoms with E-state index in [0.29, 0.717) is 23.5 Å². The standard InChI is InChI=1S/C23H23N3O4S2/c1-15-5-2-3-6-17(15)13-32(29,30)14-21-23(28)26-20-11-16(8-9-19(20)25-21)22(27)24-12-18-7-4-10-31-18/h2-11,21,25H,12-14H2,1H3,(H,24,27)(H,26,28). The van der Waals surface area contributed by atoms with Gasteiger partial charge in [0.15, 0.2) is 9.84 Å². The molecule has 1 unspecified atom stereocenters. The van der Waals surface area contributed by atoms with Crippen LogP contribution in [-0.4, -0.2) is 32.0 Å². The summed E-state index contributed by atoms with van der Waals surface area (Å²) in [6.07, 6.45) is 0. The molecule has 1 aliphatic rings. The van der Waals surface area contributed by atoms with Crippen LogP contribution in [-0.2, 0) is 26.9 Å². The van der Waals surface area contributed by atoms with Crippen molar-refractivity contribution in [3.8, 4) is 0 Å². The van der Waals surface area contributed by atoms with Crippen LogP contribution in [0.5, 0.6) is 0 Å². The number of benzene rings is 2. The molecule has 3 N–H and O–H groups in total. The fraction of sp³-hybridized carbons (Fsp3) is 0.217. The van der Waals surface area contributed by atoms with Gasteiger partial charge in [-0.1, -0.05) is 30.3 Å². The highest BCUT2D eigenvalue weighted by molar-refractivity contribution is 7.90. The first-order valence-electron chi connectivity index (χ1n) is 10.1. The predicted molar refractivity (Wildman–Crippen MR) is 127 cm³/mol. The largest absolute Gasteiger partial charge is 0.371 e. The minimum Gasteiger partial charge on any atom is -0.371 e. The summed E-state index contributed by atoms with van der Waals surface area (Å²) in [5.41, 5.74) is 3.06. The number of rotatable bonds is 7. The van der Waals surface area contributed by atoms with E-state index in [2.05, 4.69) is 16.0 Å². The molecule has 1 aliphatic heterocycles. The topological polar surface area (TPSA) is 104 Å². The van der Waals surface area contributed by atoms with Crippen LogP contribution >= 0.6 is 11.3 Å². The molecule has 7 nitrogen and oxygen atoms in total. The third kappa shape index (κ3) is 5.17. The minimum atomic E-state index is -3.53. The van der Waals surface area contributed by atoms with E-state index in [1.807, 2.05) is 36.6 Å². The molecule has 2 heterocycles. The number of hydrogen-bond donors (Lipinski definition) is 3. The minimum absolute atomic E-state index is 0.124. The molecule has 0 radical (unpaired) electrons.